The molecule has 0 aliphatic heterocycles. The number of carbonyl (C=O) groups excluding carboxylic acids is 2. The zero-order valence-corrected chi connectivity index (χ0v) is 37.6. The predicted octanol–water partition coefficient (Wildman–Crippen LogP) is 8.30. The van der Waals surface area contributed by atoms with Crippen molar-refractivity contribution in [2.24, 2.45) is 0 Å². The van der Waals surface area contributed by atoms with Gasteiger partial charge in [-0.05, 0) is 57.8 Å². The maximum atomic E-state index is 12.7. The highest BCUT2D eigenvalue weighted by atomic mass is 31.2. The number of rotatable bonds is 37. The number of esters is 2. The summed E-state index contributed by atoms with van der Waals surface area (Å²) < 4.78 is 33.6. The van der Waals surface area contributed by atoms with Crippen molar-refractivity contribution in [3.8, 4) is 0 Å². The second-order valence-corrected chi connectivity index (χ2v) is 16.9. The first kappa shape index (κ1) is 56.1. The number of hydrogen-bond donors (Lipinski definition) is 3. The van der Waals surface area contributed by atoms with Crippen molar-refractivity contribution in [3.63, 3.8) is 0 Å². The lowest BCUT2D eigenvalue weighted by atomic mass is 10.1. The maximum absolute atomic E-state index is 12.7. The van der Waals surface area contributed by atoms with Crippen LogP contribution in [0.5, 0.6) is 0 Å². The van der Waals surface area contributed by atoms with E-state index in [1.165, 1.54) is 6.08 Å². The Morgan fingerprint density at radius 2 is 1.29 bits per heavy atom. The minimum atomic E-state index is -4.73. The molecule has 0 heterocycles. The van der Waals surface area contributed by atoms with E-state index in [9.17, 15) is 34.4 Å². The van der Waals surface area contributed by atoms with Crippen LogP contribution in [0.15, 0.2) is 85.1 Å². The molecule has 0 fully saturated rings. The summed E-state index contributed by atoms with van der Waals surface area (Å²) >= 11 is 0. The molecule has 0 aromatic heterocycles. The summed E-state index contributed by atoms with van der Waals surface area (Å²) in [5, 5.41) is 30.6. The molecule has 3 N–H and O–H groups in total. The van der Waals surface area contributed by atoms with E-state index in [1.807, 2.05) is 21.1 Å². The Bertz CT molecular complexity index is 1330. The summed E-state index contributed by atoms with van der Waals surface area (Å²) in [6, 6.07) is 0. The maximum Gasteiger partial charge on any atom is 0.306 e. The average Bonchev–Trinajstić information content (AvgIpc) is 3.17. The lowest BCUT2D eigenvalue weighted by Crippen LogP contribution is -2.37. The first-order valence-corrected chi connectivity index (χ1v) is 23.1. The molecule has 0 aliphatic rings. The number of phosphoric acid groups is 1. The Labute approximate surface area is 356 Å². The van der Waals surface area contributed by atoms with E-state index >= 15 is 0 Å². The van der Waals surface area contributed by atoms with Gasteiger partial charge in [-0.1, -0.05) is 137 Å². The third-order valence-electron chi connectivity index (χ3n) is 8.77. The molecular formula is C46H78NO11P. The van der Waals surface area contributed by atoms with Crippen LogP contribution in [0.4, 0.5) is 0 Å². The van der Waals surface area contributed by atoms with Gasteiger partial charge in [0, 0.05) is 12.8 Å². The molecule has 59 heavy (non-hydrogen) atoms. The number of carbonyl (C=O) groups is 2. The van der Waals surface area contributed by atoms with E-state index in [-0.39, 0.29) is 32.3 Å². The largest absolute Gasteiger partial charge is 0.756 e. The van der Waals surface area contributed by atoms with Crippen molar-refractivity contribution in [1.82, 2.24) is 0 Å². The van der Waals surface area contributed by atoms with Crippen LogP contribution < -0.4 is 4.89 Å². The molecule has 0 aromatic rings. The number of unbranched alkanes of at least 4 members (excludes halogenated alkanes) is 7. The topological polar surface area (TPSA) is 172 Å². The van der Waals surface area contributed by atoms with Crippen LogP contribution in [0.2, 0.25) is 0 Å². The quantitative estimate of drug-likeness (QED) is 0.0137. The molecule has 338 valence electrons. The van der Waals surface area contributed by atoms with Gasteiger partial charge in [-0.25, -0.2) is 0 Å². The monoisotopic (exact) mass is 852 g/mol. The van der Waals surface area contributed by atoms with Crippen LogP contribution in [-0.2, 0) is 32.7 Å². The van der Waals surface area contributed by atoms with Crippen molar-refractivity contribution in [3.05, 3.63) is 85.1 Å². The molecule has 0 saturated carbocycles. The third-order valence-corrected chi connectivity index (χ3v) is 9.73. The standard InChI is InChI=1S/C46H78NO11P/c1-6-8-10-11-12-13-14-15-16-17-18-19-20-25-29-35-45(51)55-39-42(40-57-59(53,54)56-38-37-47(3,4)5)58-46(52)36-30-34-44(50)43(49)33-28-24-22-21-23-27-32-41(48)31-26-9-7-2/h8,10,12-13,15-16,21-24,27-28,32-33,41-44,48-50H,6-7,9,11,14,17-20,25-26,29-31,34-40H2,1-5H3/b10-8-,13-12-,16-15-,23-21-,24-22+,32-27+,33-28+/t41-,42+,43-,44-/m0/s1. The summed E-state index contributed by atoms with van der Waals surface area (Å²) in [6.07, 6.45) is 35.5. The zero-order valence-electron chi connectivity index (χ0n) is 36.7. The van der Waals surface area contributed by atoms with Crippen molar-refractivity contribution in [1.29, 1.82) is 0 Å². The van der Waals surface area contributed by atoms with Gasteiger partial charge in [0.1, 0.15) is 19.8 Å². The van der Waals surface area contributed by atoms with Crippen LogP contribution >= 0.6 is 7.82 Å². The van der Waals surface area contributed by atoms with E-state index in [2.05, 4.69) is 50.3 Å². The summed E-state index contributed by atoms with van der Waals surface area (Å²) in [6.45, 7) is 3.55. The number of quaternary nitrogens is 1. The molecule has 0 rings (SSSR count). The third kappa shape index (κ3) is 39.0. The Balaban J connectivity index is 4.76. The Morgan fingerprint density at radius 1 is 0.678 bits per heavy atom. The van der Waals surface area contributed by atoms with Gasteiger partial charge >= 0.3 is 11.9 Å². The van der Waals surface area contributed by atoms with Gasteiger partial charge in [-0.15, -0.1) is 0 Å². The van der Waals surface area contributed by atoms with E-state index in [0.29, 0.717) is 17.4 Å². The number of aliphatic hydroxyl groups is 3. The molecule has 0 saturated heterocycles. The number of allylic oxidation sites excluding steroid dienone is 12. The fourth-order valence-corrected chi connectivity index (χ4v) is 5.96. The van der Waals surface area contributed by atoms with Crippen LogP contribution in [0, 0.1) is 0 Å². The first-order chi connectivity index (χ1) is 28.2. The normalized spacial score (nSPS) is 16.0. The van der Waals surface area contributed by atoms with Crippen molar-refractivity contribution in [2.45, 2.75) is 147 Å². The predicted molar refractivity (Wildman–Crippen MR) is 235 cm³/mol. The molecule has 0 bridgehead atoms. The lowest BCUT2D eigenvalue weighted by Gasteiger charge is -2.28. The van der Waals surface area contributed by atoms with E-state index < -0.39 is 57.4 Å². The molecule has 5 atom stereocenters. The molecule has 0 aliphatic carbocycles. The highest BCUT2D eigenvalue weighted by Gasteiger charge is 2.22. The number of nitrogens with zero attached hydrogens (tertiary/aromatic N) is 1. The molecule has 0 aromatic carbocycles. The first-order valence-electron chi connectivity index (χ1n) is 21.6. The number of phosphoric ester groups is 1. The molecule has 0 spiro atoms. The second kappa shape index (κ2) is 36.9. The number of likely N-dealkylation sites (N-methyl/N-ethyl adjacent to an activating group) is 1. The van der Waals surface area contributed by atoms with Gasteiger partial charge in [0.2, 0.25) is 0 Å². The molecular weight excluding hydrogens is 773 g/mol. The molecule has 12 nitrogen and oxygen atoms in total. The van der Waals surface area contributed by atoms with Gasteiger partial charge in [0.15, 0.2) is 6.10 Å². The zero-order chi connectivity index (χ0) is 44.0. The number of aliphatic hydroxyl groups excluding tert-OH is 3. The fourth-order valence-electron chi connectivity index (χ4n) is 5.23. The Morgan fingerprint density at radius 3 is 1.97 bits per heavy atom. The van der Waals surface area contributed by atoms with Crippen molar-refractivity contribution < 1.29 is 57.4 Å². The molecule has 0 radical (unpaired) electrons. The van der Waals surface area contributed by atoms with E-state index in [1.54, 1.807) is 42.5 Å². The SMILES string of the molecule is CC/C=C\C/C=C\C/C=C\CCCCCCCC(=O)OC[C@H](COP(=O)([O-])OCC[N+](C)(C)C)OC(=O)CCC[C@H](O)[C@@H](O)/C=C/C=C/C=C\C=C\[C@@H](O)CCCCC. The summed E-state index contributed by atoms with van der Waals surface area (Å²) in [4.78, 5) is 37.6. The summed E-state index contributed by atoms with van der Waals surface area (Å²) in [7, 11) is 0.922. The minimum absolute atomic E-state index is 0.0906. The average molecular weight is 852 g/mol. The van der Waals surface area contributed by atoms with Gasteiger partial charge in [0.25, 0.3) is 7.82 Å². The van der Waals surface area contributed by atoms with Gasteiger partial charge in [-0.2, -0.15) is 0 Å². The second-order valence-electron chi connectivity index (χ2n) is 15.5. The Kier molecular flexibility index (Phi) is 35.1. The smallest absolute Gasteiger partial charge is 0.306 e. The fraction of sp³-hybridized carbons (Fsp3) is 0.652. The number of hydrogen-bond acceptors (Lipinski definition) is 11. The van der Waals surface area contributed by atoms with Gasteiger partial charge in [-0.3, -0.25) is 14.2 Å². The summed E-state index contributed by atoms with van der Waals surface area (Å²) in [5.41, 5.74) is 0. The van der Waals surface area contributed by atoms with Crippen LogP contribution in [0.3, 0.4) is 0 Å². The minimum Gasteiger partial charge on any atom is -0.756 e. The highest BCUT2D eigenvalue weighted by Crippen LogP contribution is 2.38. The summed E-state index contributed by atoms with van der Waals surface area (Å²) in [5.74, 6) is -1.19. The number of ether oxygens (including phenoxy) is 2. The molecule has 0 amide bonds. The van der Waals surface area contributed by atoms with Crippen molar-refractivity contribution >= 4 is 19.8 Å². The van der Waals surface area contributed by atoms with Crippen LogP contribution in [0.1, 0.15) is 123 Å². The lowest BCUT2D eigenvalue weighted by molar-refractivity contribution is -0.870. The van der Waals surface area contributed by atoms with E-state index in [4.69, 9.17) is 18.5 Å². The molecule has 13 heteroatoms. The van der Waals surface area contributed by atoms with Gasteiger partial charge in [0.05, 0.1) is 46.1 Å². The molecule has 1 unspecified atom stereocenters. The van der Waals surface area contributed by atoms with Crippen molar-refractivity contribution in [2.75, 3.05) is 47.5 Å². The van der Waals surface area contributed by atoms with Gasteiger partial charge < -0.3 is 43.2 Å². The Hall–Kier alpha value is -2.93. The van der Waals surface area contributed by atoms with Crippen LogP contribution in [0.25, 0.3) is 0 Å². The van der Waals surface area contributed by atoms with Crippen LogP contribution in [-0.4, -0.2) is 104 Å². The highest BCUT2D eigenvalue weighted by molar-refractivity contribution is 7.45. The van der Waals surface area contributed by atoms with E-state index in [0.717, 1.165) is 77.0 Å².